The Kier molecular flexibility index (Phi) is 7.74. The van der Waals surface area contributed by atoms with Crippen LogP contribution in [0.15, 0.2) is 18.2 Å². The van der Waals surface area contributed by atoms with E-state index >= 15 is 0 Å². The van der Waals surface area contributed by atoms with E-state index in [-0.39, 0.29) is 12.0 Å². The Morgan fingerprint density at radius 3 is 2.42 bits per heavy atom. The first-order chi connectivity index (χ1) is 11.2. The molecule has 136 valence electrons. The molecular weight excluding hydrogens is 302 g/mol. The number of anilines is 1. The van der Waals surface area contributed by atoms with E-state index in [9.17, 15) is 4.79 Å². The minimum absolute atomic E-state index is 0.104. The molecule has 0 saturated carbocycles. The number of rotatable bonds is 9. The summed E-state index contributed by atoms with van der Waals surface area (Å²) in [5.74, 6) is 1.13. The molecule has 0 saturated heterocycles. The summed E-state index contributed by atoms with van der Waals surface area (Å²) in [6.45, 7) is 14.6. The highest BCUT2D eigenvalue weighted by molar-refractivity contribution is 5.97. The normalized spacial score (nSPS) is 15.0. The van der Waals surface area contributed by atoms with E-state index in [1.54, 1.807) is 0 Å². The maximum atomic E-state index is 12.7. The zero-order valence-electron chi connectivity index (χ0n) is 16.2. The molecule has 1 rings (SSSR count). The van der Waals surface area contributed by atoms with Gasteiger partial charge in [-0.2, -0.15) is 0 Å². The van der Waals surface area contributed by atoms with E-state index in [0.717, 1.165) is 23.4 Å². The molecule has 1 aromatic rings. The Bertz CT molecular complexity index is 542. The lowest BCUT2D eigenvalue weighted by Crippen LogP contribution is -2.44. The van der Waals surface area contributed by atoms with Crippen molar-refractivity contribution in [3.8, 4) is 5.75 Å². The second kappa shape index (κ2) is 9.07. The first-order valence-electron chi connectivity index (χ1n) is 8.94. The molecule has 0 fully saturated rings. The molecule has 0 aromatic heterocycles. The minimum Gasteiger partial charge on any atom is -0.490 e. The summed E-state index contributed by atoms with van der Waals surface area (Å²) in [7, 11) is 0. The number of amides is 1. The van der Waals surface area contributed by atoms with Crippen molar-refractivity contribution in [3.05, 3.63) is 23.8 Å². The van der Waals surface area contributed by atoms with Gasteiger partial charge in [0.05, 0.1) is 6.10 Å². The molecule has 0 spiro atoms. The Morgan fingerprint density at radius 1 is 1.25 bits per heavy atom. The van der Waals surface area contributed by atoms with Crippen LogP contribution in [0.1, 0.15) is 59.9 Å². The number of ether oxygens (including phenoxy) is 2. The van der Waals surface area contributed by atoms with Crippen LogP contribution in [0.3, 0.4) is 0 Å². The predicted molar refractivity (Wildman–Crippen MR) is 99.7 cm³/mol. The first kappa shape index (κ1) is 20.5. The third-order valence-corrected chi connectivity index (χ3v) is 4.08. The SMILES string of the molecule is CCO[C@](C)(CC(C)C)C(=O)Nc1ccc(O[C@H](C)CC)c(C)c1. The second-order valence-corrected chi connectivity index (χ2v) is 7.03. The average molecular weight is 335 g/mol. The molecule has 0 radical (unpaired) electrons. The molecule has 0 aliphatic carbocycles. The molecule has 0 bridgehead atoms. The van der Waals surface area contributed by atoms with Crippen molar-refractivity contribution in [1.29, 1.82) is 0 Å². The van der Waals surface area contributed by atoms with Crippen LogP contribution in [-0.2, 0) is 9.53 Å². The lowest BCUT2D eigenvalue weighted by atomic mass is 9.93. The monoisotopic (exact) mass is 335 g/mol. The quantitative estimate of drug-likeness (QED) is 0.694. The molecule has 0 heterocycles. The van der Waals surface area contributed by atoms with Crippen molar-refractivity contribution in [2.75, 3.05) is 11.9 Å². The number of carbonyl (C=O) groups is 1. The van der Waals surface area contributed by atoms with E-state index in [1.165, 1.54) is 0 Å². The summed E-state index contributed by atoms with van der Waals surface area (Å²) in [5, 5.41) is 2.99. The minimum atomic E-state index is -0.817. The lowest BCUT2D eigenvalue weighted by molar-refractivity contribution is -0.140. The third kappa shape index (κ3) is 5.82. The maximum absolute atomic E-state index is 12.7. The van der Waals surface area contributed by atoms with Crippen LogP contribution in [0, 0.1) is 12.8 Å². The topological polar surface area (TPSA) is 47.6 Å². The Hall–Kier alpha value is -1.55. The number of benzene rings is 1. The summed E-state index contributed by atoms with van der Waals surface area (Å²) < 4.78 is 11.6. The van der Waals surface area contributed by atoms with Crippen LogP contribution in [0.2, 0.25) is 0 Å². The highest BCUT2D eigenvalue weighted by atomic mass is 16.5. The van der Waals surface area contributed by atoms with Crippen molar-refractivity contribution in [3.63, 3.8) is 0 Å². The van der Waals surface area contributed by atoms with E-state index in [2.05, 4.69) is 33.0 Å². The Morgan fingerprint density at radius 2 is 1.92 bits per heavy atom. The van der Waals surface area contributed by atoms with E-state index in [1.807, 2.05) is 39.0 Å². The Balaban J connectivity index is 2.87. The number of hydrogen-bond acceptors (Lipinski definition) is 3. The Labute approximate surface area is 146 Å². The largest absolute Gasteiger partial charge is 0.490 e. The molecule has 1 N–H and O–H groups in total. The zero-order valence-corrected chi connectivity index (χ0v) is 16.2. The van der Waals surface area contributed by atoms with Crippen LogP contribution in [0.25, 0.3) is 0 Å². The van der Waals surface area contributed by atoms with Gasteiger partial charge < -0.3 is 14.8 Å². The van der Waals surface area contributed by atoms with Crippen molar-refractivity contribution >= 4 is 11.6 Å². The predicted octanol–water partition coefficient (Wildman–Crippen LogP) is 4.95. The van der Waals surface area contributed by atoms with Crippen molar-refractivity contribution < 1.29 is 14.3 Å². The van der Waals surface area contributed by atoms with E-state index in [4.69, 9.17) is 9.47 Å². The van der Waals surface area contributed by atoms with Crippen LogP contribution in [0.4, 0.5) is 5.69 Å². The summed E-state index contributed by atoms with van der Waals surface area (Å²) in [5.41, 5.74) is 0.960. The number of carbonyl (C=O) groups excluding carboxylic acids is 1. The van der Waals surface area contributed by atoms with Gasteiger partial charge in [-0.05, 0) is 70.2 Å². The maximum Gasteiger partial charge on any atom is 0.256 e. The summed E-state index contributed by atoms with van der Waals surface area (Å²) >= 11 is 0. The number of hydrogen-bond donors (Lipinski definition) is 1. The van der Waals surface area contributed by atoms with Crippen molar-refractivity contribution in [2.24, 2.45) is 5.92 Å². The van der Waals surface area contributed by atoms with Gasteiger partial charge in [-0.1, -0.05) is 20.8 Å². The molecule has 1 aromatic carbocycles. The summed E-state index contributed by atoms with van der Waals surface area (Å²) in [6, 6.07) is 5.74. The van der Waals surface area contributed by atoms with Crippen molar-refractivity contribution in [1.82, 2.24) is 0 Å². The van der Waals surface area contributed by atoms with Crippen LogP contribution in [-0.4, -0.2) is 24.2 Å². The van der Waals surface area contributed by atoms with Gasteiger partial charge in [0.1, 0.15) is 11.4 Å². The van der Waals surface area contributed by atoms with Gasteiger partial charge in [-0.3, -0.25) is 4.79 Å². The van der Waals surface area contributed by atoms with E-state index in [0.29, 0.717) is 18.9 Å². The molecule has 24 heavy (non-hydrogen) atoms. The fourth-order valence-electron chi connectivity index (χ4n) is 2.74. The summed E-state index contributed by atoms with van der Waals surface area (Å²) in [4.78, 5) is 12.7. The average Bonchev–Trinajstić information content (AvgIpc) is 2.49. The highest BCUT2D eigenvalue weighted by Gasteiger charge is 2.34. The van der Waals surface area contributed by atoms with Gasteiger partial charge in [0.15, 0.2) is 0 Å². The second-order valence-electron chi connectivity index (χ2n) is 7.03. The fraction of sp³-hybridized carbons (Fsp3) is 0.650. The number of nitrogens with one attached hydrogen (secondary N) is 1. The third-order valence-electron chi connectivity index (χ3n) is 4.08. The van der Waals surface area contributed by atoms with Gasteiger partial charge in [0, 0.05) is 12.3 Å². The molecule has 4 nitrogen and oxygen atoms in total. The standard InChI is InChI=1S/C20H33NO3/c1-8-16(6)24-18-11-10-17(12-15(18)5)21-19(22)20(7,23-9-2)13-14(3)4/h10-12,14,16H,8-9,13H2,1-7H3,(H,21,22)/t16-,20-/m1/s1. The molecule has 1 amide bonds. The zero-order chi connectivity index (χ0) is 18.3. The van der Waals surface area contributed by atoms with Crippen LogP contribution in [0.5, 0.6) is 5.75 Å². The van der Waals surface area contributed by atoms with Crippen LogP contribution < -0.4 is 10.1 Å². The van der Waals surface area contributed by atoms with E-state index < -0.39 is 5.60 Å². The van der Waals surface area contributed by atoms with Gasteiger partial charge >= 0.3 is 0 Å². The van der Waals surface area contributed by atoms with Gasteiger partial charge in [0.25, 0.3) is 5.91 Å². The molecule has 0 aliphatic rings. The first-order valence-corrected chi connectivity index (χ1v) is 8.94. The lowest BCUT2D eigenvalue weighted by Gasteiger charge is -2.30. The summed E-state index contributed by atoms with van der Waals surface area (Å²) in [6.07, 6.45) is 1.82. The van der Waals surface area contributed by atoms with Crippen LogP contribution >= 0.6 is 0 Å². The fourth-order valence-corrected chi connectivity index (χ4v) is 2.74. The van der Waals surface area contributed by atoms with Gasteiger partial charge in [0.2, 0.25) is 0 Å². The smallest absolute Gasteiger partial charge is 0.256 e. The molecule has 0 unspecified atom stereocenters. The van der Waals surface area contributed by atoms with Crippen molar-refractivity contribution in [2.45, 2.75) is 73.0 Å². The molecule has 0 aliphatic heterocycles. The molecule has 4 heteroatoms. The van der Waals surface area contributed by atoms with Gasteiger partial charge in [-0.25, -0.2) is 0 Å². The number of aryl methyl sites for hydroxylation is 1. The molecule has 2 atom stereocenters. The highest BCUT2D eigenvalue weighted by Crippen LogP contribution is 2.26. The molecular formula is C20H33NO3. The van der Waals surface area contributed by atoms with Gasteiger partial charge in [-0.15, -0.1) is 0 Å².